The summed E-state index contributed by atoms with van der Waals surface area (Å²) in [6.45, 7) is 2.62. The molecule has 1 saturated heterocycles. The van der Waals surface area contributed by atoms with E-state index in [1.54, 1.807) is 11.8 Å². The molecule has 0 radical (unpaired) electrons. The first-order chi connectivity index (χ1) is 15.4. The maximum absolute atomic E-state index is 14.1. The largest absolute Gasteiger partial charge is 0.497 e. The van der Waals surface area contributed by atoms with E-state index in [0.29, 0.717) is 24.4 Å². The Labute approximate surface area is 192 Å². The first kappa shape index (κ1) is 21.0. The fourth-order valence-electron chi connectivity index (χ4n) is 5.21. The van der Waals surface area contributed by atoms with Crippen molar-refractivity contribution in [3.63, 3.8) is 0 Å². The number of hydrogen-bond donors (Lipinski definition) is 1. The summed E-state index contributed by atoms with van der Waals surface area (Å²) in [5.41, 5.74) is 3.18. The number of amides is 1. The van der Waals surface area contributed by atoms with E-state index in [1.165, 1.54) is 0 Å². The quantitative estimate of drug-likeness (QED) is 0.653. The Kier molecular flexibility index (Phi) is 5.18. The zero-order valence-electron chi connectivity index (χ0n) is 18.4. The van der Waals surface area contributed by atoms with Gasteiger partial charge < -0.3 is 15.0 Å². The lowest BCUT2D eigenvalue weighted by Crippen LogP contribution is -2.51. The van der Waals surface area contributed by atoms with E-state index in [-0.39, 0.29) is 18.0 Å². The fourth-order valence-corrected chi connectivity index (χ4v) is 5.38. The fraction of sp³-hybridized carbons (Fsp3) is 0.375. The molecule has 166 valence electrons. The van der Waals surface area contributed by atoms with Crippen molar-refractivity contribution in [1.82, 2.24) is 20.3 Å². The van der Waals surface area contributed by atoms with Crippen LogP contribution in [0.3, 0.4) is 0 Å². The van der Waals surface area contributed by atoms with Gasteiger partial charge in [0.15, 0.2) is 0 Å². The van der Waals surface area contributed by atoms with Crippen LogP contribution in [0.2, 0.25) is 5.02 Å². The highest BCUT2D eigenvalue weighted by atomic mass is 35.5. The number of ether oxygens (including phenoxy) is 1. The van der Waals surface area contributed by atoms with Crippen molar-refractivity contribution in [2.45, 2.75) is 43.8 Å². The molecule has 0 aliphatic carbocycles. The average Bonchev–Trinajstić information content (AvgIpc) is 3.30. The van der Waals surface area contributed by atoms with Gasteiger partial charge in [0.1, 0.15) is 5.75 Å². The van der Waals surface area contributed by atoms with Gasteiger partial charge in [0.25, 0.3) is 0 Å². The molecule has 1 N–H and O–H groups in total. The Morgan fingerprint density at radius 1 is 1.22 bits per heavy atom. The second-order valence-electron chi connectivity index (χ2n) is 8.83. The van der Waals surface area contributed by atoms with Crippen LogP contribution in [0.4, 0.5) is 5.69 Å². The van der Waals surface area contributed by atoms with Crippen molar-refractivity contribution < 1.29 is 9.53 Å². The third-order valence-electron chi connectivity index (χ3n) is 6.59. The summed E-state index contributed by atoms with van der Waals surface area (Å²) in [7, 11) is 3.50. The van der Waals surface area contributed by atoms with Crippen LogP contribution in [0, 0.1) is 0 Å². The summed E-state index contributed by atoms with van der Waals surface area (Å²) < 4.78 is 6.97. The Balaban J connectivity index is 1.55. The molecule has 0 saturated carbocycles. The molecule has 5 rings (SSSR count). The lowest BCUT2D eigenvalue weighted by Gasteiger charge is -2.40. The van der Waals surface area contributed by atoms with Gasteiger partial charge in [-0.3, -0.25) is 9.48 Å². The molecule has 3 aromatic rings. The number of carbonyl (C=O) groups is 1. The normalized spacial score (nSPS) is 24.8. The van der Waals surface area contributed by atoms with Gasteiger partial charge in [0, 0.05) is 30.0 Å². The molecule has 0 bridgehead atoms. The standard InChI is InChI=1S/C24H26ClN5O2/c1-15-11-24(12-20(26-15)21-14-29(2)28-27-21)19-10-17(25)6-9-22(19)30(23(24)31)13-16-4-7-18(32-3)8-5-16/h4-10,14-15,20,26H,11-13H2,1-3H3. The van der Waals surface area contributed by atoms with E-state index in [9.17, 15) is 4.79 Å². The number of halogens is 1. The molecule has 1 aromatic heterocycles. The number of nitrogens with zero attached hydrogens (tertiary/aromatic N) is 4. The number of aryl methyl sites for hydroxylation is 1. The van der Waals surface area contributed by atoms with Gasteiger partial charge in [-0.15, -0.1) is 5.10 Å². The molecule has 2 aromatic carbocycles. The number of hydrogen-bond acceptors (Lipinski definition) is 5. The number of fused-ring (bicyclic) bond motifs is 2. The van der Waals surface area contributed by atoms with Crippen molar-refractivity contribution in [3.8, 4) is 5.75 Å². The van der Waals surface area contributed by atoms with Gasteiger partial charge in [-0.1, -0.05) is 28.9 Å². The van der Waals surface area contributed by atoms with Crippen LogP contribution in [-0.4, -0.2) is 34.1 Å². The Morgan fingerprint density at radius 3 is 2.69 bits per heavy atom. The van der Waals surface area contributed by atoms with Crippen LogP contribution >= 0.6 is 11.6 Å². The Hall–Kier alpha value is -2.90. The van der Waals surface area contributed by atoms with E-state index in [1.807, 2.05) is 60.6 Å². The molecule has 3 unspecified atom stereocenters. The molecule has 3 heterocycles. The highest BCUT2D eigenvalue weighted by Gasteiger charge is 2.54. The minimum absolute atomic E-state index is 0.0656. The summed E-state index contributed by atoms with van der Waals surface area (Å²) in [4.78, 5) is 16.0. The van der Waals surface area contributed by atoms with Gasteiger partial charge >= 0.3 is 0 Å². The summed E-state index contributed by atoms with van der Waals surface area (Å²) in [6.07, 6.45) is 3.23. The average molecular weight is 452 g/mol. The highest BCUT2D eigenvalue weighted by molar-refractivity contribution is 6.31. The van der Waals surface area contributed by atoms with Crippen molar-refractivity contribution in [1.29, 1.82) is 0 Å². The van der Waals surface area contributed by atoms with E-state index in [4.69, 9.17) is 16.3 Å². The van der Waals surface area contributed by atoms with Gasteiger partial charge in [0.05, 0.1) is 30.8 Å². The SMILES string of the molecule is COc1ccc(CN2C(=O)C3(CC(C)NC(c4cn(C)nn4)C3)c3cc(Cl)ccc32)cc1. The second-order valence-corrected chi connectivity index (χ2v) is 9.27. The van der Waals surface area contributed by atoms with E-state index >= 15 is 0 Å². The number of methoxy groups -OCH3 is 1. The number of carbonyl (C=O) groups excluding carboxylic acids is 1. The zero-order chi connectivity index (χ0) is 22.5. The predicted molar refractivity (Wildman–Crippen MR) is 123 cm³/mol. The first-order valence-corrected chi connectivity index (χ1v) is 11.1. The van der Waals surface area contributed by atoms with E-state index in [2.05, 4.69) is 22.6 Å². The molecule has 2 aliphatic heterocycles. The van der Waals surface area contributed by atoms with Crippen LogP contribution < -0.4 is 15.0 Å². The number of nitrogens with one attached hydrogen (secondary N) is 1. The minimum atomic E-state index is -0.653. The third-order valence-corrected chi connectivity index (χ3v) is 6.82. The second kappa shape index (κ2) is 7.90. The van der Waals surface area contributed by atoms with Gasteiger partial charge in [-0.2, -0.15) is 0 Å². The molecular formula is C24H26ClN5O2. The molecule has 32 heavy (non-hydrogen) atoms. The van der Waals surface area contributed by atoms with E-state index in [0.717, 1.165) is 28.3 Å². The summed E-state index contributed by atoms with van der Waals surface area (Å²) in [5.74, 6) is 0.914. The molecule has 2 aliphatic rings. The molecule has 7 nitrogen and oxygen atoms in total. The lowest BCUT2D eigenvalue weighted by atomic mass is 9.69. The summed E-state index contributed by atoms with van der Waals surface area (Å²) in [5, 5.41) is 12.7. The van der Waals surface area contributed by atoms with Crippen molar-refractivity contribution >= 4 is 23.2 Å². The maximum Gasteiger partial charge on any atom is 0.238 e. The van der Waals surface area contributed by atoms with Crippen LogP contribution in [0.1, 0.15) is 42.6 Å². The third kappa shape index (κ3) is 3.45. The van der Waals surface area contributed by atoms with Crippen molar-refractivity contribution in [2.24, 2.45) is 7.05 Å². The Bertz CT molecular complexity index is 1160. The van der Waals surface area contributed by atoms with Crippen molar-refractivity contribution in [2.75, 3.05) is 12.0 Å². The zero-order valence-corrected chi connectivity index (χ0v) is 19.1. The minimum Gasteiger partial charge on any atom is -0.497 e. The molecule has 1 fully saturated rings. The smallest absolute Gasteiger partial charge is 0.238 e. The van der Waals surface area contributed by atoms with Crippen LogP contribution in [0.15, 0.2) is 48.7 Å². The summed E-state index contributed by atoms with van der Waals surface area (Å²) in [6, 6.07) is 13.7. The molecule has 1 amide bonds. The number of piperidine rings is 1. The predicted octanol–water partition coefficient (Wildman–Crippen LogP) is 3.77. The van der Waals surface area contributed by atoms with Crippen LogP contribution in [0.25, 0.3) is 0 Å². The Morgan fingerprint density at radius 2 is 2.00 bits per heavy atom. The maximum atomic E-state index is 14.1. The number of aromatic nitrogens is 3. The first-order valence-electron chi connectivity index (χ1n) is 10.8. The van der Waals surface area contributed by atoms with Crippen LogP contribution in [0.5, 0.6) is 5.75 Å². The van der Waals surface area contributed by atoms with Gasteiger partial charge in [-0.05, 0) is 61.2 Å². The number of benzene rings is 2. The highest BCUT2D eigenvalue weighted by Crippen LogP contribution is 2.52. The van der Waals surface area contributed by atoms with Gasteiger partial charge in [0.2, 0.25) is 5.91 Å². The molecule has 3 atom stereocenters. The topological polar surface area (TPSA) is 72.3 Å². The molecular weight excluding hydrogens is 426 g/mol. The molecule has 8 heteroatoms. The monoisotopic (exact) mass is 451 g/mol. The number of rotatable bonds is 4. The lowest BCUT2D eigenvalue weighted by molar-refractivity contribution is -0.125. The van der Waals surface area contributed by atoms with Crippen molar-refractivity contribution in [3.05, 3.63) is 70.5 Å². The number of anilines is 1. The van der Waals surface area contributed by atoms with Crippen LogP contribution in [-0.2, 0) is 23.8 Å². The summed E-state index contributed by atoms with van der Waals surface area (Å²) >= 11 is 6.42. The van der Waals surface area contributed by atoms with Gasteiger partial charge in [-0.25, -0.2) is 0 Å². The van der Waals surface area contributed by atoms with E-state index < -0.39 is 5.41 Å². The molecule has 1 spiro atoms.